The first kappa shape index (κ1) is 14.2. The molecule has 0 aliphatic heterocycles. The van der Waals surface area contributed by atoms with Gasteiger partial charge < -0.3 is 15.7 Å². The predicted molar refractivity (Wildman–Crippen MR) is 71.8 cm³/mol. The highest BCUT2D eigenvalue weighted by molar-refractivity contribution is 5.82. The molecule has 108 valence electrons. The van der Waals surface area contributed by atoms with Crippen molar-refractivity contribution in [2.45, 2.75) is 52.0 Å². The van der Waals surface area contributed by atoms with E-state index in [1.807, 2.05) is 13.8 Å². The van der Waals surface area contributed by atoms with Crippen molar-refractivity contribution >= 4 is 12.0 Å². The molecule has 0 heterocycles. The van der Waals surface area contributed by atoms with Gasteiger partial charge in [0, 0.05) is 6.54 Å². The highest BCUT2D eigenvalue weighted by Crippen LogP contribution is 2.60. The number of carboxylic acids is 1. The van der Waals surface area contributed by atoms with Gasteiger partial charge in [0.05, 0.1) is 0 Å². The number of carbonyl (C=O) groups excluding carboxylic acids is 1. The molecule has 0 bridgehead atoms. The molecule has 2 fully saturated rings. The zero-order chi connectivity index (χ0) is 14.0. The van der Waals surface area contributed by atoms with E-state index in [-0.39, 0.29) is 11.9 Å². The number of hydrogen-bond acceptors (Lipinski definition) is 2. The third kappa shape index (κ3) is 3.39. The second-order valence-electron chi connectivity index (χ2n) is 6.17. The lowest BCUT2D eigenvalue weighted by molar-refractivity contribution is -0.140. The van der Waals surface area contributed by atoms with Crippen molar-refractivity contribution in [3.8, 4) is 0 Å². The topological polar surface area (TPSA) is 78.4 Å². The standard InChI is InChI=1S/C14H24N2O3/c1-3-9(2)11(12(17)18)16-13(19)15-8-14(6-7-14)10-4-5-10/h9-11H,3-8H2,1-2H3,(H,17,18)(H2,15,16,19)/t9?,11-/m0/s1. The van der Waals surface area contributed by atoms with Crippen LogP contribution in [-0.2, 0) is 4.79 Å². The molecule has 2 rings (SSSR count). The summed E-state index contributed by atoms with van der Waals surface area (Å²) in [5.74, 6) is -0.243. The summed E-state index contributed by atoms with van der Waals surface area (Å²) in [5, 5.41) is 14.6. The van der Waals surface area contributed by atoms with E-state index in [2.05, 4.69) is 10.6 Å². The molecule has 0 aromatic rings. The summed E-state index contributed by atoms with van der Waals surface area (Å²) in [5.41, 5.74) is 0.340. The molecule has 2 saturated carbocycles. The molecule has 5 nitrogen and oxygen atoms in total. The Morgan fingerprint density at radius 1 is 1.37 bits per heavy atom. The Morgan fingerprint density at radius 2 is 2.00 bits per heavy atom. The summed E-state index contributed by atoms with van der Waals surface area (Å²) in [4.78, 5) is 22.9. The van der Waals surface area contributed by atoms with Crippen molar-refractivity contribution in [1.82, 2.24) is 10.6 Å². The van der Waals surface area contributed by atoms with Crippen LogP contribution in [0.4, 0.5) is 4.79 Å². The highest BCUT2D eigenvalue weighted by Gasteiger charge is 2.53. The minimum atomic E-state index is -0.965. The number of amides is 2. The van der Waals surface area contributed by atoms with Gasteiger partial charge in [-0.15, -0.1) is 0 Å². The van der Waals surface area contributed by atoms with E-state index in [9.17, 15) is 9.59 Å². The lowest BCUT2D eigenvalue weighted by atomic mass is 9.99. The van der Waals surface area contributed by atoms with Crippen LogP contribution in [0.25, 0.3) is 0 Å². The van der Waals surface area contributed by atoms with Gasteiger partial charge in [0.1, 0.15) is 6.04 Å². The molecule has 0 saturated heterocycles. The average molecular weight is 268 g/mol. The summed E-state index contributed by atoms with van der Waals surface area (Å²) in [6.45, 7) is 4.45. The van der Waals surface area contributed by atoms with Crippen LogP contribution in [0.15, 0.2) is 0 Å². The maximum Gasteiger partial charge on any atom is 0.326 e. The first-order chi connectivity index (χ1) is 8.98. The van der Waals surface area contributed by atoms with Gasteiger partial charge in [0.25, 0.3) is 0 Å². The third-order valence-electron chi connectivity index (χ3n) is 4.70. The summed E-state index contributed by atoms with van der Waals surface area (Å²) in [6, 6.07) is -1.15. The average Bonchev–Trinajstić information content (AvgIpc) is 3.24. The van der Waals surface area contributed by atoms with Crippen molar-refractivity contribution in [2.75, 3.05) is 6.54 Å². The Labute approximate surface area is 114 Å². The highest BCUT2D eigenvalue weighted by atomic mass is 16.4. The fourth-order valence-electron chi connectivity index (χ4n) is 2.72. The lowest BCUT2D eigenvalue weighted by Gasteiger charge is -2.21. The van der Waals surface area contributed by atoms with Gasteiger partial charge in [-0.3, -0.25) is 0 Å². The predicted octanol–water partition coefficient (Wildman–Crippen LogP) is 1.98. The Morgan fingerprint density at radius 3 is 2.42 bits per heavy atom. The number of urea groups is 1. The molecule has 0 spiro atoms. The third-order valence-corrected chi connectivity index (χ3v) is 4.70. The second kappa shape index (κ2) is 5.39. The van der Waals surface area contributed by atoms with E-state index >= 15 is 0 Å². The van der Waals surface area contributed by atoms with Crippen LogP contribution >= 0.6 is 0 Å². The minimum absolute atomic E-state index is 0.0680. The van der Waals surface area contributed by atoms with Crippen LogP contribution in [0.3, 0.4) is 0 Å². The fourth-order valence-corrected chi connectivity index (χ4v) is 2.72. The van der Waals surface area contributed by atoms with Gasteiger partial charge >= 0.3 is 12.0 Å². The fraction of sp³-hybridized carbons (Fsp3) is 0.857. The number of hydrogen-bond donors (Lipinski definition) is 3. The van der Waals surface area contributed by atoms with Gasteiger partial charge in [0.2, 0.25) is 0 Å². The van der Waals surface area contributed by atoms with Crippen LogP contribution in [-0.4, -0.2) is 29.7 Å². The first-order valence-electron chi connectivity index (χ1n) is 7.25. The van der Waals surface area contributed by atoms with E-state index in [0.717, 1.165) is 12.3 Å². The van der Waals surface area contributed by atoms with Gasteiger partial charge in [-0.2, -0.15) is 0 Å². The van der Waals surface area contributed by atoms with E-state index in [1.54, 1.807) is 0 Å². The van der Waals surface area contributed by atoms with Crippen molar-refractivity contribution in [2.24, 2.45) is 17.3 Å². The van der Waals surface area contributed by atoms with Gasteiger partial charge in [0.15, 0.2) is 0 Å². The largest absolute Gasteiger partial charge is 0.480 e. The Balaban J connectivity index is 1.77. The first-order valence-corrected chi connectivity index (χ1v) is 7.25. The van der Waals surface area contributed by atoms with E-state index in [0.29, 0.717) is 12.0 Å². The molecule has 5 heteroatoms. The van der Waals surface area contributed by atoms with E-state index in [4.69, 9.17) is 5.11 Å². The molecular weight excluding hydrogens is 244 g/mol. The quantitative estimate of drug-likeness (QED) is 0.660. The van der Waals surface area contributed by atoms with Crippen LogP contribution in [0, 0.1) is 17.3 Å². The summed E-state index contributed by atoms with van der Waals surface area (Å²) in [7, 11) is 0. The molecule has 0 aromatic carbocycles. The lowest BCUT2D eigenvalue weighted by Crippen LogP contribution is -2.50. The Hall–Kier alpha value is -1.26. The summed E-state index contributed by atoms with van der Waals surface area (Å²) in [6.07, 6.45) is 5.70. The number of nitrogens with one attached hydrogen (secondary N) is 2. The van der Waals surface area contributed by atoms with E-state index < -0.39 is 12.0 Å². The molecule has 2 aliphatic carbocycles. The van der Waals surface area contributed by atoms with Crippen LogP contribution in [0.5, 0.6) is 0 Å². The van der Waals surface area contributed by atoms with Crippen LogP contribution in [0.2, 0.25) is 0 Å². The molecule has 2 amide bonds. The number of aliphatic carboxylic acids is 1. The van der Waals surface area contributed by atoms with Gasteiger partial charge in [-0.25, -0.2) is 9.59 Å². The van der Waals surface area contributed by atoms with Crippen LogP contribution in [0.1, 0.15) is 46.0 Å². The molecule has 0 aromatic heterocycles. The van der Waals surface area contributed by atoms with E-state index in [1.165, 1.54) is 25.7 Å². The normalized spacial score (nSPS) is 23.3. The van der Waals surface area contributed by atoms with Crippen molar-refractivity contribution < 1.29 is 14.7 Å². The van der Waals surface area contributed by atoms with Crippen LogP contribution < -0.4 is 10.6 Å². The molecule has 1 unspecified atom stereocenters. The molecule has 0 radical (unpaired) electrons. The zero-order valence-electron chi connectivity index (χ0n) is 11.7. The Bertz CT molecular complexity index is 362. The van der Waals surface area contributed by atoms with Crippen molar-refractivity contribution in [3.05, 3.63) is 0 Å². The Kier molecular flexibility index (Phi) is 4.02. The minimum Gasteiger partial charge on any atom is -0.480 e. The molecule has 2 atom stereocenters. The maximum absolute atomic E-state index is 11.8. The van der Waals surface area contributed by atoms with Crippen molar-refractivity contribution in [3.63, 3.8) is 0 Å². The van der Waals surface area contributed by atoms with Crippen molar-refractivity contribution in [1.29, 1.82) is 0 Å². The number of rotatable bonds is 7. The zero-order valence-corrected chi connectivity index (χ0v) is 11.7. The molecule has 2 aliphatic rings. The molecule has 19 heavy (non-hydrogen) atoms. The number of carboxylic acid groups (broad SMARTS) is 1. The maximum atomic E-state index is 11.8. The second-order valence-corrected chi connectivity index (χ2v) is 6.17. The summed E-state index contributed by atoms with van der Waals surface area (Å²) < 4.78 is 0. The summed E-state index contributed by atoms with van der Waals surface area (Å²) >= 11 is 0. The SMILES string of the molecule is CCC(C)[C@H](NC(=O)NCC1(C2CC2)CC1)C(=O)O. The molecule has 3 N–H and O–H groups in total. The molecular formula is C14H24N2O3. The smallest absolute Gasteiger partial charge is 0.326 e. The van der Waals surface area contributed by atoms with Gasteiger partial charge in [-0.1, -0.05) is 20.3 Å². The van der Waals surface area contributed by atoms with Gasteiger partial charge in [-0.05, 0) is 42.9 Å². The number of carbonyl (C=O) groups is 2. The monoisotopic (exact) mass is 268 g/mol.